The van der Waals surface area contributed by atoms with E-state index in [0.717, 1.165) is 24.0 Å². The van der Waals surface area contributed by atoms with Crippen LogP contribution in [0.1, 0.15) is 28.4 Å². The Hall–Kier alpha value is -2.09. The zero-order chi connectivity index (χ0) is 25.8. The third-order valence-corrected chi connectivity index (χ3v) is 8.02. The minimum atomic E-state index is -0.995. The van der Waals surface area contributed by atoms with Gasteiger partial charge in [-0.25, -0.2) is 9.79 Å². The van der Waals surface area contributed by atoms with Crippen LogP contribution in [0.5, 0.6) is 5.75 Å². The van der Waals surface area contributed by atoms with E-state index >= 15 is 0 Å². The van der Waals surface area contributed by atoms with Crippen LogP contribution in [-0.2, 0) is 11.4 Å². The van der Waals surface area contributed by atoms with Crippen LogP contribution >= 0.6 is 68.5 Å². The SMILES string of the molecule is CCN1C(=O)C(=Cc2cc(I)c(OCc3ccc(Cl)cc3)c(I)c2)SC1=Nc1ccc(C(=O)O)cc1. The predicted molar refractivity (Wildman–Crippen MR) is 161 cm³/mol. The number of aliphatic imine (C=N–C) groups is 1. The number of aromatic carboxylic acids is 1. The topological polar surface area (TPSA) is 79.2 Å². The van der Waals surface area contributed by atoms with Gasteiger partial charge in [0.2, 0.25) is 0 Å². The zero-order valence-corrected chi connectivity index (χ0v) is 24.8. The summed E-state index contributed by atoms with van der Waals surface area (Å²) in [5.41, 5.74) is 2.68. The summed E-state index contributed by atoms with van der Waals surface area (Å²) in [5, 5.41) is 10.3. The largest absolute Gasteiger partial charge is 0.487 e. The molecule has 0 bridgehead atoms. The molecule has 184 valence electrons. The summed E-state index contributed by atoms with van der Waals surface area (Å²) in [6.45, 7) is 2.79. The molecule has 0 atom stereocenters. The molecule has 0 saturated carbocycles. The number of amidine groups is 1. The minimum Gasteiger partial charge on any atom is -0.487 e. The summed E-state index contributed by atoms with van der Waals surface area (Å²) >= 11 is 11.7. The number of carboxylic acids is 1. The van der Waals surface area contributed by atoms with Crippen molar-refractivity contribution in [2.45, 2.75) is 13.5 Å². The molecule has 0 unspecified atom stereocenters. The lowest BCUT2D eigenvalue weighted by molar-refractivity contribution is -0.122. The van der Waals surface area contributed by atoms with E-state index in [4.69, 9.17) is 21.4 Å². The average molecular weight is 745 g/mol. The van der Waals surface area contributed by atoms with Crippen LogP contribution in [0.15, 0.2) is 70.6 Å². The molecule has 0 aliphatic carbocycles. The van der Waals surface area contributed by atoms with Crippen molar-refractivity contribution in [2.75, 3.05) is 6.54 Å². The molecule has 1 fully saturated rings. The van der Waals surface area contributed by atoms with Gasteiger partial charge in [0.05, 0.1) is 23.3 Å². The van der Waals surface area contributed by atoms with Crippen LogP contribution in [0, 0.1) is 7.14 Å². The Morgan fingerprint density at radius 2 is 1.75 bits per heavy atom. The highest BCUT2D eigenvalue weighted by Crippen LogP contribution is 2.36. The number of ether oxygens (including phenoxy) is 1. The number of carbonyl (C=O) groups is 2. The number of rotatable bonds is 7. The van der Waals surface area contributed by atoms with Crippen molar-refractivity contribution in [1.82, 2.24) is 4.90 Å². The van der Waals surface area contributed by atoms with Gasteiger partial charge in [-0.3, -0.25) is 9.69 Å². The molecule has 10 heteroatoms. The number of carboxylic acid groups (broad SMARTS) is 1. The van der Waals surface area contributed by atoms with Gasteiger partial charge in [-0.05, 0) is 130 Å². The number of nitrogens with zero attached hydrogens (tertiary/aromatic N) is 2. The van der Waals surface area contributed by atoms with Gasteiger partial charge in [0.1, 0.15) is 12.4 Å². The fourth-order valence-electron chi connectivity index (χ4n) is 3.35. The van der Waals surface area contributed by atoms with Crippen LogP contribution in [0.4, 0.5) is 5.69 Å². The maximum absolute atomic E-state index is 13.0. The maximum Gasteiger partial charge on any atom is 0.335 e. The third kappa shape index (κ3) is 6.42. The summed E-state index contributed by atoms with van der Waals surface area (Å²) in [5.74, 6) is -0.317. The highest BCUT2D eigenvalue weighted by atomic mass is 127. The second kappa shape index (κ2) is 12.0. The van der Waals surface area contributed by atoms with E-state index in [1.54, 1.807) is 17.0 Å². The van der Waals surface area contributed by atoms with E-state index in [1.807, 2.05) is 49.4 Å². The van der Waals surface area contributed by atoms with Gasteiger partial charge in [-0.15, -0.1) is 0 Å². The fourth-order valence-corrected chi connectivity index (χ4v) is 6.66. The number of amides is 1. The van der Waals surface area contributed by atoms with Crippen molar-refractivity contribution in [3.8, 4) is 5.75 Å². The molecule has 0 radical (unpaired) electrons. The summed E-state index contributed by atoms with van der Waals surface area (Å²) < 4.78 is 7.95. The first-order chi connectivity index (χ1) is 17.2. The monoisotopic (exact) mass is 744 g/mol. The lowest BCUT2D eigenvalue weighted by Crippen LogP contribution is -2.28. The second-order valence-corrected chi connectivity index (χ2v) is 11.4. The molecule has 4 rings (SSSR count). The Balaban J connectivity index is 1.54. The number of hydrogen-bond donors (Lipinski definition) is 1. The van der Waals surface area contributed by atoms with Crippen LogP contribution < -0.4 is 4.74 Å². The summed E-state index contributed by atoms with van der Waals surface area (Å²) in [6, 6.07) is 17.8. The standard InChI is InChI=1S/C26H19ClI2N2O4S/c1-2-31-24(32)22(36-26(31)30-19-9-5-17(6-10-19)25(33)34)13-16-11-20(28)23(21(29)12-16)35-14-15-3-7-18(27)8-4-15/h3-13H,2,14H2,1H3,(H,33,34). The summed E-state index contributed by atoms with van der Waals surface area (Å²) in [4.78, 5) is 30.9. The predicted octanol–water partition coefficient (Wildman–Crippen LogP) is 7.45. The minimum absolute atomic E-state index is 0.114. The Bertz CT molecular complexity index is 1350. The average Bonchev–Trinajstić information content (AvgIpc) is 3.13. The van der Waals surface area contributed by atoms with Crippen LogP contribution in [0.2, 0.25) is 5.02 Å². The first-order valence-electron chi connectivity index (χ1n) is 10.7. The van der Waals surface area contributed by atoms with Crippen LogP contribution in [0.25, 0.3) is 6.08 Å². The van der Waals surface area contributed by atoms with Gasteiger partial charge >= 0.3 is 5.97 Å². The number of carbonyl (C=O) groups excluding carboxylic acids is 1. The van der Waals surface area contributed by atoms with Crippen molar-refractivity contribution < 1.29 is 19.4 Å². The van der Waals surface area contributed by atoms with Crippen molar-refractivity contribution in [2.24, 2.45) is 4.99 Å². The van der Waals surface area contributed by atoms with Crippen molar-refractivity contribution in [3.05, 3.63) is 94.4 Å². The number of likely N-dealkylation sites (N-methyl/N-ethyl adjacent to an activating group) is 1. The van der Waals surface area contributed by atoms with Gasteiger partial charge in [-0.2, -0.15) is 0 Å². The fraction of sp³-hybridized carbons (Fsp3) is 0.115. The lowest BCUT2D eigenvalue weighted by atomic mass is 10.2. The van der Waals surface area contributed by atoms with E-state index in [9.17, 15) is 9.59 Å². The molecular formula is C26H19ClI2N2O4S. The van der Waals surface area contributed by atoms with Crippen LogP contribution in [-0.4, -0.2) is 33.6 Å². The van der Waals surface area contributed by atoms with Gasteiger partial charge in [0.25, 0.3) is 5.91 Å². The van der Waals surface area contributed by atoms with E-state index in [0.29, 0.717) is 33.9 Å². The molecule has 0 aromatic heterocycles. The van der Waals surface area contributed by atoms with E-state index in [-0.39, 0.29) is 11.5 Å². The Labute approximate surface area is 245 Å². The maximum atomic E-state index is 13.0. The number of benzene rings is 3. The van der Waals surface area contributed by atoms with Gasteiger partial charge in [0, 0.05) is 11.6 Å². The third-order valence-electron chi connectivity index (χ3n) is 5.16. The molecule has 1 heterocycles. The van der Waals surface area contributed by atoms with Crippen LogP contribution in [0.3, 0.4) is 0 Å². The zero-order valence-electron chi connectivity index (χ0n) is 18.9. The Morgan fingerprint density at radius 3 is 2.33 bits per heavy atom. The van der Waals surface area contributed by atoms with Crippen molar-refractivity contribution in [1.29, 1.82) is 0 Å². The molecule has 1 saturated heterocycles. The van der Waals surface area contributed by atoms with Gasteiger partial charge < -0.3 is 9.84 Å². The van der Waals surface area contributed by atoms with Gasteiger partial charge in [-0.1, -0.05) is 23.7 Å². The summed E-state index contributed by atoms with van der Waals surface area (Å²) in [6.07, 6.45) is 1.86. The normalized spacial score (nSPS) is 15.7. The number of thioether (sulfide) groups is 1. The smallest absolute Gasteiger partial charge is 0.335 e. The Morgan fingerprint density at radius 1 is 1.11 bits per heavy atom. The van der Waals surface area contributed by atoms with E-state index < -0.39 is 5.97 Å². The molecule has 1 amide bonds. The lowest BCUT2D eigenvalue weighted by Gasteiger charge is -2.12. The molecule has 1 N–H and O–H groups in total. The molecule has 36 heavy (non-hydrogen) atoms. The highest BCUT2D eigenvalue weighted by Gasteiger charge is 2.32. The molecular weight excluding hydrogens is 726 g/mol. The van der Waals surface area contributed by atoms with Crippen molar-refractivity contribution >= 4 is 97.4 Å². The van der Waals surface area contributed by atoms with Crippen molar-refractivity contribution in [3.63, 3.8) is 0 Å². The van der Waals surface area contributed by atoms with E-state index in [1.165, 1.54) is 23.9 Å². The molecule has 3 aromatic rings. The molecule has 6 nitrogen and oxygen atoms in total. The molecule has 1 aliphatic rings. The molecule has 1 aliphatic heterocycles. The number of hydrogen-bond acceptors (Lipinski definition) is 5. The highest BCUT2D eigenvalue weighted by molar-refractivity contribution is 14.1. The second-order valence-electron chi connectivity index (χ2n) is 7.64. The first kappa shape index (κ1) is 27.0. The van der Waals surface area contributed by atoms with Gasteiger partial charge in [0.15, 0.2) is 5.17 Å². The molecule has 0 spiro atoms. The first-order valence-corrected chi connectivity index (χ1v) is 14.1. The Kier molecular flexibility index (Phi) is 8.96. The summed E-state index contributed by atoms with van der Waals surface area (Å²) in [7, 11) is 0. The number of halogens is 3. The van der Waals surface area contributed by atoms with E-state index in [2.05, 4.69) is 50.2 Å². The quantitative estimate of drug-likeness (QED) is 0.201. The molecule has 3 aromatic carbocycles.